The van der Waals surface area contributed by atoms with Crippen LogP contribution in [0.3, 0.4) is 0 Å². The summed E-state index contributed by atoms with van der Waals surface area (Å²) in [5.41, 5.74) is 1.63. The van der Waals surface area contributed by atoms with Crippen LogP contribution in [0.2, 0.25) is 5.02 Å². The van der Waals surface area contributed by atoms with Crippen molar-refractivity contribution in [2.24, 2.45) is 4.99 Å². The Bertz CT molecular complexity index is 1500. The molecule has 0 aliphatic carbocycles. The summed E-state index contributed by atoms with van der Waals surface area (Å²) < 4.78 is 54.6. The van der Waals surface area contributed by atoms with Crippen LogP contribution in [0.15, 0.2) is 83.2 Å². The van der Waals surface area contributed by atoms with Crippen LogP contribution in [0.4, 0.5) is 18.9 Å². The van der Waals surface area contributed by atoms with Gasteiger partial charge in [0.15, 0.2) is 11.5 Å². The van der Waals surface area contributed by atoms with E-state index >= 15 is 0 Å². The molecule has 0 fully saturated rings. The predicted octanol–water partition coefficient (Wildman–Crippen LogP) is 8.71. The molecule has 3 rings (SSSR count). The molecule has 1 atom stereocenters. The molecule has 0 saturated carbocycles. The van der Waals surface area contributed by atoms with Crippen molar-refractivity contribution < 1.29 is 27.4 Å². The summed E-state index contributed by atoms with van der Waals surface area (Å²) in [5.74, 6) is -0.258. The van der Waals surface area contributed by atoms with E-state index in [1.165, 1.54) is 26.2 Å². The van der Waals surface area contributed by atoms with Gasteiger partial charge in [-0.05, 0) is 50.8 Å². The maximum atomic E-state index is 14.6. The van der Waals surface area contributed by atoms with Gasteiger partial charge < -0.3 is 14.8 Å². The highest BCUT2D eigenvalue weighted by Gasteiger charge is 2.27. The zero-order valence-electron chi connectivity index (χ0n) is 24.2. The molecule has 2 heterocycles. The molecule has 11 heteroatoms. The Morgan fingerprint density at radius 2 is 1.93 bits per heavy atom. The number of carbonyl (C=O) groups excluding carboxylic acids is 1. The van der Waals surface area contributed by atoms with Crippen LogP contribution in [0, 0.1) is 5.82 Å². The number of amides is 1. The van der Waals surface area contributed by atoms with Gasteiger partial charge in [0.1, 0.15) is 5.82 Å². The zero-order chi connectivity index (χ0) is 31.1. The minimum Gasteiger partial charge on any atom is -0.453 e. The number of halogens is 4. The van der Waals surface area contributed by atoms with Gasteiger partial charge in [0, 0.05) is 34.8 Å². The number of alkyl halides is 2. The van der Waals surface area contributed by atoms with Gasteiger partial charge in [0.2, 0.25) is 6.79 Å². The molecule has 7 nitrogen and oxygen atoms in total. The van der Waals surface area contributed by atoms with Gasteiger partial charge in [-0.1, -0.05) is 50.7 Å². The molecule has 0 saturated heterocycles. The number of rotatable bonds is 12. The van der Waals surface area contributed by atoms with Crippen molar-refractivity contribution >= 4 is 34.5 Å². The van der Waals surface area contributed by atoms with Crippen LogP contribution in [-0.2, 0) is 14.3 Å². The van der Waals surface area contributed by atoms with E-state index in [9.17, 15) is 18.0 Å². The van der Waals surface area contributed by atoms with Crippen molar-refractivity contribution in [1.29, 1.82) is 0 Å². The second-order valence-corrected chi connectivity index (χ2v) is 9.97. The Kier molecular flexibility index (Phi) is 11.0. The summed E-state index contributed by atoms with van der Waals surface area (Å²) in [6, 6.07) is 1.89. The minimum atomic E-state index is -2.91. The highest BCUT2D eigenvalue weighted by molar-refractivity contribution is 6.31. The average Bonchev–Trinajstić information content (AvgIpc) is 3.64. The van der Waals surface area contributed by atoms with E-state index in [1.807, 2.05) is 26.8 Å². The summed E-state index contributed by atoms with van der Waals surface area (Å²) in [7, 11) is 0. The van der Waals surface area contributed by atoms with E-state index in [-0.39, 0.29) is 40.3 Å². The normalized spacial score (nSPS) is 15.0. The Balaban J connectivity index is 1.77. The van der Waals surface area contributed by atoms with Crippen molar-refractivity contribution in [3.8, 4) is 0 Å². The first-order valence-corrected chi connectivity index (χ1v) is 13.7. The van der Waals surface area contributed by atoms with Crippen molar-refractivity contribution in [3.63, 3.8) is 0 Å². The van der Waals surface area contributed by atoms with E-state index in [0.717, 1.165) is 29.7 Å². The van der Waals surface area contributed by atoms with Crippen molar-refractivity contribution in [2.45, 2.75) is 59.9 Å². The standard InChI is InChI=1S/C31H34ClF3N4O3/c1-8-10-23(29-28(17(3)9-2)41-16-42-29)21(7)39-15-22(14-37-39)38-31(40)19(5)20(6)36-13-18(4)26-24(30(34)35)11-12-25(32)27(26)33/h10-15,21,30H,3,5,8-9,16H2,1-2,4,6-7H3,(H,38,40)/b18-13+,23-10-,36-20?. The number of anilines is 1. The first kappa shape index (κ1) is 32.5. The number of carbonyl (C=O) groups is 1. The number of ether oxygens (including phenoxy) is 2. The molecule has 1 amide bonds. The lowest BCUT2D eigenvalue weighted by atomic mass is 10.0. The Morgan fingerprint density at radius 1 is 1.24 bits per heavy atom. The third-order valence-electron chi connectivity index (χ3n) is 6.67. The van der Waals surface area contributed by atoms with Crippen LogP contribution in [-0.4, -0.2) is 28.2 Å². The van der Waals surface area contributed by atoms with E-state index in [4.69, 9.17) is 21.1 Å². The van der Waals surface area contributed by atoms with Gasteiger partial charge in [0.05, 0.1) is 28.5 Å². The van der Waals surface area contributed by atoms with E-state index in [1.54, 1.807) is 10.9 Å². The molecule has 1 aliphatic heterocycles. The maximum Gasteiger partial charge on any atom is 0.264 e. The van der Waals surface area contributed by atoms with Crippen molar-refractivity contribution in [2.75, 3.05) is 12.1 Å². The largest absolute Gasteiger partial charge is 0.453 e. The van der Waals surface area contributed by atoms with Gasteiger partial charge in [0.25, 0.3) is 12.3 Å². The molecule has 0 radical (unpaired) electrons. The van der Waals surface area contributed by atoms with Gasteiger partial charge in [-0.3, -0.25) is 14.5 Å². The summed E-state index contributed by atoms with van der Waals surface area (Å²) in [6.45, 7) is 16.9. The molecule has 1 unspecified atom stereocenters. The quantitative estimate of drug-likeness (QED) is 0.195. The lowest BCUT2D eigenvalue weighted by molar-refractivity contribution is -0.112. The number of nitrogens with one attached hydrogen (secondary N) is 1. The summed E-state index contributed by atoms with van der Waals surface area (Å²) >= 11 is 5.80. The highest BCUT2D eigenvalue weighted by Crippen LogP contribution is 2.36. The first-order valence-electron chi connectivity index (χ1n) is 13.3. The summed E-state index contributed by atoms with van der Waals surface area (Å²) in [6.07, 6.45) is 4.96. The first-order chi connectivity index (χ1) is 19.9. The lowest BCUT2D eigenvalue weighted by Crippen LogP contribution is -2.18. The summed E-state index contributed by atoms with van der Waals surface area (Å²) in [5, 5.41) is 6.86. The molecule has 0 spiro atoms. The molecule has 1 N–H and O–H groups in total. The summed E-state index contributed by atoms with van der Waals surface area (Å²) in [4.78, 5) is 17.1. The van der Waals surface area contributed by atoms with E-state index in [2.05, 4.69) is 28.6 Å². The van der Waals surface area contributed by atoms with Crippen LogP contribution < -0.4 is 5.32 Å². The molecule has 2 aromatic rings. The predicted molar refractivity (Wildman–Crippen MR) is 160 cm³/mol. The molecular formula is C31H34ClF3N4O3. The number of benzene rings is 1. The number of hydrogen-bond donors (Lipinski definition) is 1. The average molecular weight is 603 g/mol. The second-order valence-electron chi connectivity index (χ2n) is 9.56. The SMILES string of the molecule is C=C(CC)C1=C(/C(=C\CC)C(C)n2cc(NC(=O)C(=C)C(C)=N/C=C(\C)c3c(C(F)F)ccc(Cl)c3F)cn2)OCO1. The monoisotopic (exact) mass is 602 g/mol. The molecule has 1 aromatic carbocycles. The van der Waals surface area contributed by atoms with Crippen LogP contribution in [0.5, 0.6) is 0 Å². The van der Waals surface area contributed by atoms with E-state index < -0.39 is 23.7 Å². The number of aliphatic imine (C=N–C) groups is 1. The van der Waals surface area contributed by atoms with Gasteiger partial charge in [-0.25, -0.2) is 13.2 Å². The smallest absolute Gasteiger partial charge is 0.264 e. The molecule has 1 aromatic heterocycles. The third-order valence-corrected chi connectivity index (χ3v) is 6.96. The number of nitrogens with zero attached hydrogens (tertiary/aromatic N) is 3. The van der Waals surface area contributed by atoms with Gasteiger partial charge >= 0.3 is 0 Å². The number of aromatic nitrogens is 2. The number of allylic oxidation sites excluding steroid dienone is 4. The zero-order valence-corrected chi connectivity index (χ0v) is 25.0. The fraction of sp³-hybridized carbons (Fsp3) is 0.323. The van der Waals surface area contributed by atoms with E-state index in [0.29, 0.717) is 23.6 Å². The topological polar surface area (TPSA) is 77.7 Å². The number of hydrogen-bond acceptors (Lipinski definition) is 5. The van der Waals surface area contributed by atoms with Crippen molar-refractivity contribution in [1.82, 2.24) is 9.78 Å². The molecular weight excluding hydrogens is 569 g/mol. The van der Waals surface area contributed by atoms with Crippen LogP contribution in [0.1, 0.15) is 71.1 Å². The Morgan fingerprint density at radius 3 is 2.57 bits per heavy atom. The molecule has 224 valence electrons. The maximum absolute atomic E-state index is 14.6. The Labute approximate surface area is 248 Å². The third kappa shape index (κ3) is 7.23. The fourth-order valence-corrected chi connectivity index (χ4v) is 4.36. The Hall–Kier alpha value is -4.05. The molecule has 42 heavy (non-hydrogen) atoms. The van der Waals surface area contributed by atoms with Gasteiger partial charge in [-0.15, -0.1) is 0 Å². The molecule has 1 aliphatic rings. The fourth-order valence-electron chi connectivity index (χ4n) is 4.20. The second kappa shape index (κ2) is 14.2. The minimum absolute atomic E-state index is 0.0245. The lowest BCUT2D eigenvalue weighted by Gasteiger charge is -2.18. The highest BCUT2D eigenvalue weighted by atomic mass is 35.5. The van der Waals surface area contributed by atoms with Crippen molar-refractivity contribution in [3.05, 3.63) is 100 Å². The van der Waals surface area contributed by atoms with Crippen LogP contribution >= 0.6 is 11.6 Å². The van der Waals surface area contributed by atoms with Gasteiger partial charge in [-0.2, -0.15) is 5.10 Å². The van der Waals surface area contributed by atoms with Crippen LogP contribution in [0.25, 0.3) is 5.57 Å². The molecule has 0 bridgehead atoms.